The predicted octanol–water partition coefficient (Wildman–Crippen LogP) is 1.54. The molecule has 0 aromatic carbocycles. The van der Waals surface area contributed by atoms with Gasteiger partial charge in [0.25, 0.3) is 6.08 Å². The number of amides is 1. The van der Waals surface area contributed by atoms with Crippen molar-refractivity contribution >= 4 is 5.91 Å². The first-order valence-electron chi connectivity index (χ1n) is 4.94. The molecule has 1 aliphatic rings. The predicted molar refractivity (Wildman–Crippen MR) is 52.4 cm³/mol. The molecule has 1 N–H and O–H groups in total. The Morgan fingerprint density at radius 3 is 3.12 bits per heavy atom. The van der Waals surface area contributed by atoms with E-state index in [2.05, 4.69) is 9.97 Å². The maximum absolute atomic E-state index is 12.0. The van der Waals surface area contributed by atoms with Crippen LogP contribution >= 0.6 is 0 Å². The monoisotopic (exact) mass is 227 g/mol. The number of rotatable bonds is 3. The first kappa shape index (κ1) is 10.8. The van der Waals surface area contributed by atoms with Gasteiger partial charge in [0.05, 0.1) is 6.54 Å². The molecule has 0 radical (unpaired) electrons. The second-order valence-corrected chi connectivity index (χ2v) is 3.73. The Kier molecular flexibility index (Phi) is 2.98. The number of nitrogens with zero attached hydrogens (tertiary/aromatic N) is 2. The molecule has 1 amide bonds. The minimum absolute atomic E-state index is 0.112. The van der Waals surface area contributed by atoms with Crippen LogP contribution in [0.2, 0.25) is 0 Å². The molecule has 2 rings (SSSR count). The number of aromatic amines is 1. The van der Waals surface area contributed by atoms with Crippen molar-refractivity contribution in [2.75, 3.05) is 6.54 Å². The largest absolute Gasteiger partial charge is 0.347 e. The Balaban J connectivity index is 1.97. The van der Waals surface area contributed by atoms with Gasteiger partial charge in [-0.3, -0.25) is 4.79 Å². The minimum Gasteiger partial charge on any atom is -0.347 e. The van der Waals surface area contributed by atoms with Crippen LogP contribution in [0.4, 0.5) is 8.78 Å². The van der Waals surface area contributed by atoms with E-state index in [0.717, 1.165) is 6.08 Å². The van der Waals surface area contributed by atoms with E-state index in [1.807, 2.05) is 0 Å². The number of halogens is 2. The Hall–Kier alpha value is -1.72. The highest BCUT2D eigenvalue weighted by Gasteiger charge is 2.29. The molecular weight excluding hydrogens is 216 g/mol. The Bertz CT molecular complexity index is 398. The van der Waals surface area contributed by atoms with Gasteiger partial charge in [-0.05, 0) is 6.08 Å². The van der Waals surface area contributed by atoms with E-state index >= 15 is 0 Å². The molecule has 6 heteroatoms. The van der Waals surface area contributed by atoms with Gasteiger partial charge in [-0.15, -0.1) is 0 Å². The van der Waals surface area contributed by atoms with Crippen molar-refractivity contribution in [3.63, 3.8) is 0 Å². The average molecular weight is 227 g/mol. The number of imidazole rings is 1. The number of carbonyl (C=O) groups excluding carboxylic acids is 1. The summed E-state index contributed by atoms with van der Waals surface area (Å²) in [4.78, 5) is 19.9. The minimum atomic E-state index is -1.72. The quantitative estimate of drug-likeness (QED) is 0.851. The SMILES string of the molecule is O=C1CC(C=C(F)F)CN1Cc1ncc[nH]1. The van der Waals surface area contributed by atoms with Crippen LogP contribution in [0, 0.1) is 5.92 Å². The van der Waals surface area contributed by atoms with Gasteiger partial charge < -0.3 is 9.88 Å². The molecule has 1 saturated heterocycles. The van der Waals surface area contributed by atoms with Gasteiger partial charge in [0, 0.05) is 31.3 Å². The highest BCUT2D eigenvalue weighted by Crippen LogP contribution is 2.22. The number of hydrogen-bond acceptors (Lipinski definition) is 2. The molecule has 1 fully saturated rings. The summed E-state index contributed by atoms with van der Waals surface area (Å²) in [5, 5.41) is 0. The van der Waals surface area contributed by atoms with Crippen molar-refractivity contribution in [1.82, 2.24) is 14.9 Å². The number of H-pyrrole nitrogens is 1. The summed E-state index contributed by atoms with van der Waals surface area (Å²) in [6.07, 6.45) is 2.53. The zero-order valence-electron chi connectivity index (χ0n) is 8.49. The molecule has 1 aromatic heterocycles. The van der Waals surface area contributed by atoms with Gasteiger partial charge in [0.15, 0.2) is 0 Å². The molecule has 4 nitrogen and oxygen atoms in total. The van der Waals surface area contributed by atoms with Gasteiger partial charge in [0.2, 0.25) is 5.91 Å². The molecule has 1 unspecified atom stereocenters. The highest BCUT2D eigenvalue weighted by atomic mass is 19.3. The fourth-order valence-corrected chi connectivity index (χ4v) is 1.81. The summed E-state index contributed by atoms with van der Waals surface area (Å²) in [5.41, 5.74) is 0. The lowest BCUT2D eigenvalue weighted by molar-refractivity contribution is -0.128. The third-order valence-electron chi connectivity index (χ3n) is 2.50. The molecule has 1 atom stereocenters. The molecule has 0 bridgehead atoms. The zero-order chi connectivity index (χ0) is 11.5. The van der Waals surface area contributed by atoms with Gasteiger partial charge >= 0.3 is 0 Å². The molecule has 1 aromatic rings. The van der Waals surface area contributed by atoms with Crippen molar-refractivity contribution in [3.8, 4) is 0 Å². The van der Waals surface area contributed by atoms with Crippen LogP contribution in [-0.2, 0) is 11.3 Å². The molecule has 2 heterocycles. The Labute approximate surface area is 91.0 Å². The molecule has 0 aliphatic carbocycles. The van der Waals surface area contributed by atoms with Gasteiger partial charge in [-0.1, -0.05) is 0 Å². The number of aromatic nitrogens is 2. The fourth-order valence-electron chi connectivity index (χ4n) is 1.81. The van der Waals surface area contributed by atoms with Gasteiger partial charge in [-0.25, -0.2) is 4.98 Å². The Morgan fingerprint density at radius 2 is 2.50 bits per heavy atom. The van der Waals surface area contributed by atoms with Crippen LogP contribution in [0.1, 0.15) is 12.2 Å². The third-order valence-corrected chi connectivity index (χ3v) is 2.50. The van der Waals surface area contributed by atoms with Crippen LogP contribution in [0.15, 0.2) is 24.6 Å². The van der Waals surface area contributed by atoms with Crippen molar-refractivity contribution < 1.29 is 13.6 Å². The number of nitrogens with one attached hydrogen (secondary N) is 1. The van der Waals surface area contributed by atoms with E-state index in [9.17, 15) is 13.6 Å². The first-order valence-corrected chi connectivity index (χ1v) is 4.94. The van der Waals surface area contributed by atoms with Crippen LogP contribution in [0.25, 0.3) is 0 Å². The van der Waals surface area contributed by atoms with Crippen molar-refractivity contribution in [2.24, 2.45) is 5.92 Å². The molecule has 16 heavy (non-hydrogen) atoms. The van der Waals surface area contributed by atoms with Gasteiger partial charge in [0.1, 0.15) is 5.82 Å². The zero-order valence-corrected chi connectivity index (χ0v) is 8.49. The molecule has 86 valence electrons. The van der Waals surface area contributed by atoms with E-state index in [4.69, 9.17) is 0 Å². The normalized spacial score (nSPS) is 20.2. The van der Waals surface area contributed by atoms with Crippen molar-refractivity contribution in [1.29, 1.82) is 0 Å². The van der Waals surface area contributed by atoms with Crippen molar-refractivity contribution in [3.05, 3.63) is 30.4 Å². The van der Waals surface area contributed by atoms with E-state index < -0.39 is 6.08 Å². The lowest BCUT2D eigenvalue weighted by Crippen LogP contribution is -2.25. The maximum atomic E-state index is 12.0. The van der Waals surface area contributed by atoms with E-state index in [-0.39, 0.29) is 18.2 Å². The fraction of sp³-hybridized carbons (Fsp3) is 0.400. The molecule has 0 spiro atoms. The first-order chi connectivity index (χ1) is 7.65. The highest BCUT2D eigenvalue weighted by molar-refractivity contribution is 5.78. The van der Waals surface area contributed by atoms with E-state index in [1.165, 1.54) is 4.90 Å². The van der Waals surface area contributed by atoms with Crippen LogP contribution in [0.3, 0.4) is 0 Å². The van der Waals surface area contributed by atoms with Crippen molar-refractivity contribution in [2.45, 2.75) is 13.0 Å². The van der Waals surface area contributed by atoms with Crippen LogP contribution < -0.4 is 0 Å². The Morgan fingerprint density at radius 1 is 1.69 bits per heavy atom. The smallest absolute Gasteiger partial charge is 0.266 e. The second-order valence-electron chi connectivity index (χ2n) is 3.73. The maximum Gasteiger partial charge on any atom is 0.266 e. The molecule has 0 saturated carbocycles. The topological polar surface area (TPSA) is 49.0 Å². The number of carbonyl (C=O) groups is 1. The summed E-state index contributed by atoms with van der Waals surface area (Å²) in [6, 6.07) is 0. The summed E-state index contributed by atoms with van der Waals surface area (Å²) < 4.78 is 24.1. The van der Waals surface area contributed by atoms with Crippen LogP contribution in [-0.4, -0.2) is 27.3 Å². The standard InChI is InChI=1S/C10H11F2N3O/c11-8(12)3-7-4-10(16)15(5-7)6-9-13-1-2-14-9/h1-3,7H,4-6H2,(H,13,14). The second kappa shape index (κ2) is 4.42. The molecular formula is C10H11F2N3O. The summed E-state index contributed by atoms with van der Waals surface area (Å²) in [6.45, 7) is 0.681. The lowest BCUT2D eigenvalue weighted by atomic mass is 10.1. The summed E-state index contributed by atoms with van der Waals surface area (Å²) in [5.74, 6) is 0.171. The third kappa shape index (κ3) is 2.44. The number of likely N-dealkylation sites (tertiary alicyclic amines) is 1. The number of hydrogen-bond donors (Lipinski definition) is 1. The summed E-state index contributed by atoms with van der Waals surface area (Å²) >= 11 is 0. The lowest BCUT2D eigenvalue weighted by Gasteiger charge is -2.13. The summed E-state index contributed by atoms with van der Waals surface area (Å²) in [7, 11) is 0. The van der Waals surface area contributed by atoms with Gasteiger partial charge in [-0.2, -0.15) is 8.78 Å². The van der Waals surface area contributed by atoms with Crippen LogP contribution in [0.5, 0.6) is 0 Å². The van der Waals surface area contributed by atoms with E-state index in [1.54, 1.807) is 12.4 Å². The molecule has 1 aliphatic heterocycles. The average Bonchev–Trinajstić information content (AvgIpc) is 2.77. The van der Waals surface area contributed by atoms with E-state index in [0.29, 0.717) is 18.9 Å².